The molecule has 73 heavy (non-hydrogen) atoms. The molecule has 0 saturated carbocycles. The zero-order chi connectivity index (χ0) is 52.9. The lowest BCUT2D eigenvalue weighted by atomic mass is 10.0. The molecule has 6 nitrogen and oxygen atoms in total. The van der Waals surface area contributed by atoms with E-state index in [1.807, 2.05) is 0 Å². The molecule has 0 saturated heterocycles. The SMILES string of the molecule is CC/C=C\C/C=C\C/C=C\C/C=C\C/C=C\CCCCCCCCCCCCCCCC(=O)OCC(COC(=O)CCCCCCCCCC)OC(=O)CCCCCCCCC/C=C\C/C=C\CCCCCC. The summed E-state index contributed by atoms with van der Waals surface area (Å²) in [6, 6.07) is 0. The van der Waals surface area contributed by atoms with Gasteiger partial charge in [0.25, 0.3) is 0 Å². The predicted molar refractivity (Wildman–Crippen MR) is 316 cm³/mol. The summed E-state index contributed by atoms with van der Waals surface area (Å²) in [6.45, 7) is 6.50. The first kappa shape index (κ1) is 69.6. The summed E-state index contributed by atoms with van der Waals surface area (Å²) in [6.07, 6.45) is 80.3. The van der Waals surface area contributed by atoms with Gasteiger partial charge in [-0.25, -0.2) is 0 Å². The maximum atomic E-state index is 12.8. The normalized spacial score (nSPS) is 12.6. The molecule has 420 valence electrons. The molecule has 0 amide bonds. The number of carbonyl (C=O) groups is 3. The second-order valence-corrected chi connectivity index (χ2v) is 20.6. The molecular formula is C67H116O6. The smallest absolute Gasteiger partial charge is 0.306 e. The van der Waals surface area contributed by atoms with E-state index in [9.17, 15) is 14.4 Å². The lowest BCUT2D eigenvalue weighted by Gasteiger charge is -2.18. The summed E-state index contributed by atoms with van der Waals surface area (Å²) >= 11 is 0. The second kappa shape index (κ2) is 61.1. The van der Waals surface area contributed by atoms with Crippen molar-refractivity contribution in [2.24, 2.45) is 0 Å². The zero-order valence-corrected chi connectivity index (χ0v) is 48.1. The molecule has 6 heteroatoms. The van der Waals surface area contributed by atoms with Gasteiger partial charge in [0.15, 0.2) is 6.10 Å². The van der Waals surface area contributed by atoms with Crippen LogP contribution < -0.4 is 0 Å². The fourth-order valence-corrected chi connectivity index (χ4v) is 8.74. The van der Waals surface area contributed by atoms with Crippen LogP contribution in [0.4, 0.5) is 0 Å². The van der Waals surface area contributed by atoms with Crippen molar-refractivity contribution in [1.82, 2.24) is 0 Å². The van der Waals surface area contributed by atoms with Crippen molar-refractivity contribution in [2.75, 3.05) is 13.2 Å². The van der Waals surface area contributed by atoms with Crippen LogP contribution >= 0.6 is 0 Å². The predicted octanol–water partition coefficient (Wildman–Crippen LogP) is 21.1. The minimum Gasteiger partial charge on any atom is -0.462 e. The lowest BCUT2D eigenvalue weighted by molar-refractivity contribution is -0.167. The number of hydrogen-bond acceptors (Lipinski definition) is 6. The van der Waals surface area contributed by atoms with Crippen LogP contribution in [-0.2, 0) is 28.6 Å². The van der Waals surface area contributed by atoms with Gasteiger partial charge in [-0.1, -0.05) is 273 Å². The molecule has 0 aliphatic carbocycles. The average molecular weight is 1020 g/mol. The number of ether oxygens (including phenoxy) is 3. The monoisotopic (exact) mass is 1020 g/mol. The minimum absolute atomic E-state index is 0.0771. The van der Waals surface area contributed by atoms with Crippen molar-refractivity contribution in [3.05, 3.63) is 85.1 Å². The van der Waals surface area contributed by atoms with Gasteiger partial charge >= 0.3 is 17.9 Å². The molecule has 0 N–H and O–H groups in total. The van der Waals surface area contributed by atoms with E-state index in [-0.39, 0.29) is 31.1 Å². The van der Waals surface area contributed by atoms with Crippen LogP contribution in [-0.4, -0.2) is 37.2 Å². The van der Waals surface area contributed by atoms with Gasteiger partial charge in [0, 0.05) is 19.3 Å². The van der Waals surface area contributed by atoms with Gasteiger partial charge in [0.05, 0.1) is 0 Å². The number of carbonyl (C=O) groups excluding carboxylic acids is 3. The van der Waals surface area contributed by atoms with Crippen LogP contribution in [0.1, 0.15) is 303 Å². The molecular weight excluding hydrogens is 901 g/mol. The van der Waals surface area contributed by atoms with E-state index in [1.165, 1.54) is 161 Å². The third kappa shape index (κ3) is 59.3. The number of unbranched alkanes of at least 4 members (excludes halogenated alkanes) is 31. The van der Waals surface area contributed by atoms with E-state index in [0.29, 0.717) is 19.3 Å². The second-order valence-electron chi connectivity index (χ2n) is 20.6. The number of rotatable bonds is 56. The Kier molecular flexibility index (Phi) is 58.3. The third-order valence-corrected chi connectivity index (χ3v) is 13.4. The van der Waals surface area contributed by atoms with Gasteiger partial charge in [0.2, 0.25) is 0 Å². The van der Waals surface area contributed by atoms with E-state index in [2.05, 4.69) is 106 Å². The zero-order valence-electron chi connectivity index (χ0n) is 48.1. The Morgan fingerprint density at radius 3 is 0.849 bits per heavy atom. The Bertz CT molecular complexity index is 1400. The van der Waals surface area contributed by atoms with E-state index in [1.54, 1.807) is 0 Å². The number of allylic oxidation sites excluding steroid dienone is 14. The van der Waals surface area contributed by atoms with Crippen LogP contribution in [0.15, 0.2) is 85.1 Å². The molecule has 1 unspecified atom stereocenters. The van der Waals surface area contributed by atoms with Crippen molar-refractivity contribution in [3.8, 4) is 0 Å². The van der Waals surface area contributed by atoms with Gasteiger partial charge in [0.1, 0.15) is 13.2 Å². The summed E-state index contributed by atoms with van der Waals surface area (Å²) in [5.41, 5.74) is 0. The first-order valence-electron chi connectivity index (χ1n) is 31.1. The van der Waals surface area contributed by atoms with Crippen LogP contribution in [0.3, 0.4) is 0 Å². The third-order valence-electron chi connectivity index (χ3n) is 13.4. The summed E-state index contributed by atoms with van der Waals surface area (Å²) in [4.78, 5) is 38.1. The molecule has 0 rings (SSSR count). The van der Waals surface area contributed by atoms with Gasteiger partial charge in [-0.05, 0) is 96.3 Å². The van der Waals surface area contributed by atoms with Crippen molar-refractivity contribution < 1.29 is 28.6 Å². The Hall–Kier alpha value is -3.41. The maximum Gasteiger partial charge on any atom is 0.306 e. The largest absolute Gasteiger partial charge is 0.462 e. The van der Waals surface area contributed by atoms with Crippen LogP contribution in [0.2, 0.25) is 0 Å². The van der Waals surface area contributed by atoms with Crippen molar-refractivity contribution in [3.63, 3.8) is 0 Å². The van der Waals surface area contributed by atoms with E-state index in [4.69, 9.17) is 14.2 Å². The quantitative estimate of drug-likeness (QED) is 0.0261. The molecule has 0 radical (unpaired) electrons. The summed E-state index contributed by atoms with van der Waals surface area (Å²) < 4.78 is 16.8. The lowest BCUT2D eigenvalue weighted by Crippen LogP contribution is -2.30. The summed E-state index contributed by atoms with van der Waals surface area (Å²) in [5, 5.41) is 0. The van der Waals surface area contributed by atoms with Crippen LogP contribution in [0.25, 0.3) is 0 Å². The van der Waals surface area contributed by atoms with Crippen molar-refractivity contribution in [1.29, 1.82) is 0 Å². The van der Waals surface area contributed by atoms with Crippen molar-refractivity contribution >= 4 is 17.9 Å². The molecule has 0 aromatic heterocycles. The van der Waals surface area contributed by atoms with Crippen LogP contribution in [0.5, 0.6) is 0 Å². The first-order chi connectivity index (χ1) is 36.0. The van der Waals surface area contributed by atoms with Crippen LogP contribution in [0, 0.1) is 0 Å². The molecule has 1 atom stereocenters. The number of esters is 3. The standard InChI is InChI=1S/C67H116O6/c1-4-7-10-13-16-19-21-23-25-27-29-30-31-32-33-34-35-36-37-38-39-41-42-44-46-48-51-54-57-60-66(69)72-63-64(62-71-65(68)59-56-53-50-18-15-12-9-6-3)73-67(70)61-58-55-52-49-47-45-43-40-28-26-24-22-20-17-14-11-8-5-2/h7,10,16,19-20,22-23,25-26,28-30,32-33,64H,4-6,8-9,11-15,17-18,21,24,27,31,34-63H2,1-3H3/b10-7-,19-16-,22-20-,25-23-,28-26-,30-29-,33-32-. The highest BCUT2D eigenvalue weighted by Gasteiger charge is 2.19. The molecule has 0 aromatic carbocycles. The van der Waals surface area contributed by atoms with E-state index < -0.39 is 6.10 Å². The van der Waals surface area contributed by atoms with Gasteiger partial charge in [-0.2, -0.15) is 0 Å². The molecule has 0 aromatic rings. The van der Waals surface area contributed by atoms with Gasteiger partial charge in [-0.15, -0.1) is 0 Å². The molecule has 0 spiro atoms. The number of hydrogen-bond donors (Lipinski definition) is 0. The highest BCUT2D eigenvalue weighted by molar-refractivity contribution is 5.71. The fourth-order valence-electron chi connectivity index (χ4n) is 8.74. The Morgan fingerprint density at radius 2 is 0.534 bits per heavy atom. The molecule has 0 aliphatic heterocycles. The Labute approximate surface area is 452 Å². The summed E-state index contributed by atoms with van der Waals surface area (Å²) in [5.74, 6) is -0.881. The van der Waals surface area contributed by atoms with Gasteiger partial charge < -0.3 is 14.2 Å². The van der Waals surface area contributed by atoms with Crippen molar-refractivity contribution in [2.45, 2.75) is 309 Å². The summed E-state index contributed by atoms with van der Waals surface area (Å²) in [7, 11) is 0. The van der Waals surface area contributed by atoms with E-state index in [0.717, 1.165) is 103 Å². The molecule has 0 aliphatic rings. The molecule has 0 heterocycles. The van der Waals surface area contributed by atoms with E-state index >= 15 is 0 Å². The minimum atomic E-state index is -0.778. The fraction of sp³-hybridized carbons (Fsp3) is 0.746. The topological polar surface area (TPSA) is 78.9 Å². The average Bonchev–Trinajstić information content (AvgIpc) is 3.39. The molecule has 0 fully saturated rings. The molecule has 0 bridgehead atoms. The highest BCUT2D eigenvalue weighted by atomic mass is 16.6. The Balaban J connectivity index is 4.15. The Morgan fingerprint density at radius 1 is 0.288 bits per heavy atom. The first-order valence-corrected chi connectivity index (χ1v) is 31.1. The van der Waals surface area contributed by atoms with Gasteiger partial charge in [-0.3, -0.25) is 14.4 Å². The highest BCUT2D eigenvalue weighted by Crippen LogP contribution is 2.16. The maximum absolute atomic E-state index is 12.8.